The maximum Gasteiger partial charge on any atom is 0.156 e. The van der Waals surface area contributed by atoms with Crippen LogP contribution < -0.4 is 9.47 Å². The Morgan fingerprint density at radius 2 is 1.24 bits per heavy atom. The van der Waals surface area contributed by atoms with E-state index in [1.807, 2.05) is 0 Å². The second-order valence-electron chi connectivity index (χ2n) is 5.66. The summed E-state index contributed by atoms with van der Waals surface area (Å²) < 4.78 is 34.8. The van der Waals surface area contributed by atoms with Gasteiger partial charge in [-0.05, 0) is 35.4 Å². The van der Waals surface area contributed by atoms with Crippen molar-refractivity contribution in [2.24, 2.45) is 0 Å². The second kappa shape index (κ2) is 8.33. The van der Waals surface area contributed by atoms with Crippen LogP contribution >= 0.6 is 0 Å². The van der Waals surface area contributed by atoms with Crippen molar-refractivity contribution in [1.82, 2.24) is 0 Å². The highest BCUT2D eigenvalue weighted by Crippen LogP contribution is 2.24. The van der Waals surface area contributed by atoms with Crippen molar-refractivity contribution in [3.63, 3.8) is 0 Å². The highest BCUT2D eigenvalue weighted by Gasteiger charge is 2.23. The highest BCUT2D eigenvalue weighted by molar-refractivity contribution is 7.91. The van der Waals surface area contributed by atoms with Crippen molar-refractivity contribution in [2.75, 3.05) is 25.7 Å². The third-order valence-electron chi connectivity index (χ3n) is 3.78. The molecule has 2 N–H and O–H groups in total. The number of ether oxygens (including phenoxy) is 2. The molecule has 7 heteroatoms. The van der Waals surface area contributed by atoms with Gasteiger partial charge in [-0.2, -0.15) is 0 Å². The van der Waals surface area contributed by atoms with Gasteiger partial charge >= 0.3 is 0 Å². The smallest absolute Gasteiger partial charge is 0.156 e. The lowest BCUT2D eigenvalue weighted by Crippen LogP contribution is -2.21. The van der Waals surface area contributed by atoms with Gasteiger partial charge in [0.05, 0.1) is 37.9 Å². The Morgan fingerprint density at radius 3 is 1.60 bits per heavy atom. The monoisotopic (exact) mass is 366 g/mol. The first kappa shape index (κ1) is 19.2. The summed E-state index contributed by atoms with van der Waals surface area (Å²) in [6.45, 7) is 0. The maximum atomic E-state index is 12.3. The van der Waals surface area contributed by atoms with Crippen molar-refractivity contribution >= 4 is 9.84 Å². The molecule has 2 rings (SSSR count). The Kier molecular flexibility index (Phi) is 6.41. The minimum atomic E-state index is -3.70. The Morgan fingerprint density at radius 1 is 0.840 bits per heavy atom. The van der Waals surface area contributed by atoms with Gasteiger partial charge in [0.15, 0.2) is 9.84 Å². The molecule has 0 aliphatic heterocycles. The Bertz CT molecular complexity index is 741. The molecule has 0 aliphatic carbocycles. The summed E-state index contributed by atoms with van der Waals surface area (Å²) in [5, 5.41) is 20.4. The molecule has 0 fully saturated rings. The lowest BCUT2D eigenvalue weighted by molar-refractivity contribution is 0.193. The Labute approximate surface area is 147 Å². The summed E-state index contributed by atoms with van der Waals surface area (Å²) in [7, 11) is -0.712. The molecular formula is C18H22O6S. The van der Waals surface area contributed by atoms with Crippen molar-refractivity contribution in [3.8, 4) is 11.5 Å². The lowest BCUT2D eigenvalue weighted by Gasteiger charge is -2.16. The number of benzene rings is 2. The van der Waals surface area contributed by atoms with Crippen LogP contribution in [0.2, 0.25) is 0 Å². The van der Waals surface area contributed by atoms with Crippen LogP contribution in [0, 0.1) is 0 Å². The van der Waals surface area contributed by atoms with Crippen LogP contribution in [0.5, 0.6) is 11.5 Å². The van der Waals surface area contributed by atoms with Gasteiger partial charge in [-0.25, -0.2) is 8.42 Å². The highest BCUT2D eigenvalue weighted by atomic mass is 32.2. The molecule has 0 unspecified atom stereocenters. The van der Waals surface area contributed by atoms with E-state index in [-0.39, 0.29) is 0 Å². The fourth-order valence-electron chi connectivity index (χ4n) is 2.44. The van der Waals surface area contributed by atoms with Crippen LogP contribution in [0.1, 0.15) is 23.3 Å². The summed E-state index contributed by atoms with van der Waals surface area (Å²) in [4.78, 5) is 0. The molecule has 2 aromatic rings. The summed E-state index contributed by atoms with van der Waals surface area (Å²) in [5.41, 5.74) is 0.887. The number of hydrogen-bond acceptors (Lipinski definition) is 6. The van der Waals surface area contributed by atoms with Crippen LogP contribution in [0.15, 0.2) is 48.5 Å². The van der Waals surface area contributed by atoms with Crippen molar-refractivity contribution < 1.29 is 28.1 Å². The SMILES string of the molecule is COc1cccc([C@H](O)CS(=O)(=O)C[C@@H](O)c2cccc(OC)c2)c1. The van der Waals surface area contributed by atoms with E-state index < -0.39 is 33.6 Å². The number of aliphatic hydroxyl groups excluding tert-OH is 2. The molecule has 0 saturated heterocycles. The summed E-state index contributed by atoms with van der Waals surface area (Å²) in [6.07, 6.45) is -2.39. The quantitative estimate of drug-likeness (QED) is 0.741. The Hall–Kier alpha value is -2.09. The minimum absolute atomic E-state index is 0.443. The standard InChI is InChI=1S/C18H22O6S/c1-23-15-7-3-5-13(9-15)17(19)11-25(21,22)12-18(20)14-6-4-8-16(10-14)24-2/h3-10,17-20H,11-12H2,1-2H3/t17-,18-/m1/s1. The lowest BCUT2D eigenvalue weighted by atomic mass is 10.1. The molecule has 0 aliphatic rings. The van der Waals surface area contributed by atoms with E-state index in [1.54, 1.807) is 48.5 Å². The van der Waals surface area contributed by atoms with E-state index in [1.165, 1.54) is 14.2 Å². The number of rotatable bonds is 8. The van der Waals surface area contributed by atoms with E-state index in [4.69, 9.17) is 9.47 Å². The van der Waals surface area contributed by atoms with Gasteiger partial charge in [0.25, 0.3) is 0 Å². The molecule has 2 aromatic carbocycles. The van der Waals surface area contributed by atoms with E-state index >= 15 is 0 Å². The first-order valence-electron chi connectivity index (χ1n) is 7.69. The molecule has 2 atom stereocenters. The molecule has 25 heavy (non-hydrogen) atoms. The van der Waals surface area contributed by atoms with Crippen molar-refractivity contribution in [3.05, 3.63) is 59.7 Å². The Balaban J connectivity index is 2.07. The van der Waals surface area contributed by atoms with Gasteiger partial charge in [0, 0.05) is 0 Å². The molecule has 0 amide bonds. The molecule has 136 valence electrons. The van der Waals surface area contributed by atoms with Crippen molar-refractivity contribution in [1.29, 1.82) is 0 Å². The minimum Gasteiger partial charge on any atom is -0.497 e. The van der Waals surface area contributed by atoms with Gasteiger partial charge in [-0.1, -0.05) is 24.3 Å². The normalized spacial score (nSPS) is 13.9. The zero-order chi connectivity index (χ0) is 18.4. The zero-order valence-corrected chi connectivity index (χ0v) is 14.9. The van der Waals surface area contributed by atoms with Gasteiger partial charge in [-0.3, -0.25) is 0 Å². The average Bonchev–Trinajstić information content (AvgIpc) is 2.61. The summed E-state index contributed by atoms with van der Waals surface area (Å²) in [6, 6.07) is 13.2. The van der Waals surface area contributed by atoms with E-state index in [2.05, 4.69) is 0 Å². The van der Waals surface area contributed by atoms with Gasteiger partial charge in [0.2, 0.25) is 0 Å². The third-order valence-corrected chi connectivity index (χ3v) is 5.43. The molecule has 0 aromatic heterocycles. The zero-order valence-electron chi connectivity index (χ0n) is 14.1. The molecule has 0 radical (unpaired) electrons. The predicted octanol–water partition coefficient (Wildman–Crippen LogP) is 1.89. The molecule has 0 spiro atoms. The fourth-order valence-corrected chi connectivity index (χ4v) is 3.92. The van der Waals surface area contributed by atoms with E-state index in [0.29, 0.717) is 22.6 Å². The van der Waals surface area contributed by atoms with Gasteiger partial charge < -0.3 is 19.7 Å². The average molecular weight is 366 g/mol. The number of methoxy groups -OCH3 is 2. The van der Waals surface area contributed by atoms with E-state index in [9.17, 15) is 18.6 Å². The maximum absolute atomic E-state index is 12.3. The number of hydrogen-bond donors (Lipinski definition) is 2. The predicted molar refractivity (Wildman–Crippen MR) is 94.6 cm³/mol. The third kappa shape index (κ3) is 5.45. The number of sulfone groups is 1. The topological polar surface area (TPSA) is 93.1 Å². The fraction of sp³-hybridized carbons (Fsp3) is 0.333. The molecular weight excluding hydrogens is 344 g/mol. The van der Waals surface area contributed by atoms with E-state index in [0.717, 1.165) is 0 Å². The summed E-state index contributed by atoms with van der Waals surface area (Å²) >= 11 is 0. The second-order valence-corrected chi connectivity index (χ2v) is 7.82. The first-order chi connectivity index (χ1) is 11.8. The largest absolute Gasteiger partial charge is 0.497 e. The van der Waals surface area contributed by atoms with Crippen LogP contribution in [0.4, 0.5) is 0 Å². The number of aliphatic hydroxyl groups is 2. The molecule has 0 saturated carbocycles. The summed E-state index contributed by atoms with van der Waals surface area (Å²) in [5.74, 6) is 0.0956. The van der Waals surface area contributed by atoms with Gasteiger partial charge in [-0.15, -0.1) is 0 Å². The van der Waals surface area contributed by atoms with Gasteiger partial charge in [0.1, 0.15) is 11.5 Å². The van der Waals surface area contributed by atoms with Crippen LogP contribution in [0.3, 0.4) is 0 Å². The molecule has 6 nitrogen and oxygen atoms in total. The van der Waals surface area contributed by atoms with Crippen LogP contribution in [-0.4, -0.2) is 44.4 Å². The van der Waals surface area contributed by atoms with Crippen molar-refractivity contribution in [2.45, 2.75) is 12.2 Å². The van der Waals surface area contributed by atoms with Crippen LogP contribution in [0.25, 0.3) is 0 Å². The first-order valence-corrected chi connectivity index (χ1v) is 9.51. The van der Waals surface area contributed by atoms with Crippen LogP contribution in [-0.2, 0) is 9.84 Å². The molecule has 0 heterocycles. The molecule has 0 bridgehead atoms.